The zero-order valence-corrected chi connectivity index (χ0v) is 16.8. The highest BCUT2D eigenvalue weighted by atomic mass is 32.1. The summed E-state index contributed by atoms with van der Waals surface area (Å²) in [5.41, 5.74) is 1.50. The molecule has 0 bridgehead atoms. The van der Waals surface area contributed by atoms with Crippen molar-refractivity contribution in [2.45, 2.75) is 51.1 Å². The molecule has 0 spiro atoms. The molecule has 0 saturated heterocycles. The number of hydrogen-bond donors (Lipinski definition) is 1. The minimum absolute atomic E-state index is 0.173. The van der Waals surface area contributed by atoms with Gasteiger partial charge in [-0.2, -0.15) is 0 Å². The minimum Gasteiger partial charge on any atom is -0.346 e. The molecule has 1 fully saturated rings. The van der Waals surface area contributed by atoms with E-state index in [9.17, 15) is 14.0 Å². The minimum atomic E-state index is -0.429. The summed E-state index contributed by atoms with van der Waals surface area (Å²) in [6.45, 7) is 0.429. The first-order valence-corrected chi connectivity index (χ1v) is 10.7. The van der Waals surface area contributed by atoms with Crippen molar-refractivity contribution in [1.82, 2.24) is 9.88 Å². The Kier molecular flexibility index (Phi) is 5.99. The van der Waals surface area contributed by atoms with Gasteiger partial charge in [-0.05, 0) is 30.5 Å². The molecule has 2 aromatic rings. The van der Waals surface area contributed by atoms with Crippen molar-refractivity contribution in [3.05, 3.63) is 40.7 Å². The van der Waals surface area contributed by atoms with Crippen LogP contribution in [0, 0.1) is 11.7 Å². The van der Waals surface area contributed by atoms with Gasteiger partial charge in [-0.15, -0.1) is 0 Å². The Balaban J connectivity index is 1.54. The Morgan fingerprint density at radius 3 is 2.93 bits per heavy atom. The summed E-state index contributed by atoms with van der Waals surface area (Å²) >= 11 is 1.15. The van der Waals surface area contributed by atoms with Crippen molar-refractivity contribution in [2.24, 2.45) is 10.9 Å². The second-order valence-corrected chi connectivity index (χ2v) is 8.68. The molecule has 1 aromatic carbocycles. The van der Waals surface area contributed by atoms with Crippen molar-refractivity contribution in [2.75, 3.05) is 5.32 Å². The van der Waals surface area contributed by atoms with Gasteiger partial charge in [-0.3, -0.25) is 9.59 Å². The van der Waals surface area contributed by atoms with E-state index < -0.39 is 6.04 Å². The molecule has 2 aliphatic rings. The fourth-order valence-electron chi connectivity index (χ4n) is 4.09. The number of rotatable bonds is 6. The van der Waals surface area contributed by atoms with E-state index in [1.807, 2.05) is 4.90 Å². The highest BCUT2D eigenvalue weighted by Gasteiger charge is 2.31. The molecule has 1 amide bonds. The fraction of sp³-hybridized carbons (Fsp3) is 0.429. The van der Waals surface area contributed by atoms with Gasteiger partial charge in [-0.1, -0.05) is 43.4 Å². The Morgan fingerprint density at radius 1 is 1.34 bits per heavy atom. The molecule has 152 valence electrons. The van der Waals surface area contributed by atoms with Crippen LogP contribution in [-0.4, -0.2) is 34.5 Å². The Hall–Kier alpha value is -2.61. The first-order valence-electron chi connectivity index (χ1n) is 9.92. The molecule has 0 radical (unpaired) electrons. The van der Waals surface area contributed by atoms with E-state index in [4.69, 9.17) is 0 Å². The number of carbonyl (C=O) groups excluding carboxylic acids is 2. The quantitative estimate of drug-likeness (QED) is 0.704. The summed E-state index contributed by atoms with van der Waals surface area (Å²) in [4.78, 5) is 34.9. The van der Waals surface area contributed by atoms with Gasteiger partial charge in [0.1, 0.15) is 11.9 Å². The smallest absolute Gasteiger partial charge is 0.248 e. The monoisotopic (exact) mass is 414 g/mol. The molecule has 1 N–H and O–H groups in total. The lowest BCUT2D eigenvalue weighted by molar-refractivity contribution is -0.120. The van der Waals surface area contributed by atoms with Gasteiger partial charge in [-0.25, -0.2) is 14.4 Å². The first kappa shape index (κ1) is 19.7. The van der Waals surface area contributed by atoms with Crippen molar-refractivity contribution < 1.29 is 14.0 Å². The third-order valence-corrected chi connectivity index (χ3v) is 6.43. The molecule has 6 nitrogen and oxygen atoms in total. The number of nitrogens with one attached hydrogen (secondary N) is 1. The lowest BCUT2D eigenvalue weighted by Gasteiger charge is -2.34. The summed E-state index contributed by atoms with van der Waals surface area (Å²) < 4.78 is 13.7. The summed E-state index contributed by atoms with van der Waals surface area (Å²) in [5.74, 6) is -0.00410. The first-order chi connectivity index (χ1) is 14.1. The van der Waals surface area contributed by atoms with E-state index in [1.54, 1.807) is 12.4 Å². The summed E-state index contributed by atoms with van der Waals surface area (Å²) in [6, 6.07) is 4.10. The van der Waals surface area contributed by atoms with Crippen LogP contribution < -0.4 is 5.32 Å². The van der Waals surface area contributed by atoms with Crippen LogP contribution in [0.1, 0.15) is 53.8 Å². The van der Waals surface area contributed by atoms with Crippen LogP contribution in [0.15, 0.2) is 29.4 Å². The topological polar surface area (TPSA) is 74.7 Å². The maximum atomic E-state index is 13.7. The molecule has 29 heavy (non-hydrogen) atoms. The molecule has 1 aliphatic heterocycles. The van der Waals surface area contributed by atoms with E-state index in [0.717, 1.165) is 41.7 Å². The number of aldehydes is 1. The second kappa shape index (κ2) is 8.82. The van der Waals surface area contributed by atoms with E-state index >= 15 is 0 Å². The SMILES string of the molecule is O=Cc1cnc(NC(=O)C(CC2CCCCC2)N2C=Nc3ccc(F)cc3C2)s1. The van der Waals surface area contributed by atoms with Crippen molar-refractivity contribution in [3.8, 4) is 0 Å². The summed E-state index contributed by atoms with van der Waals surface area (Å²) in [7, 11) is 0. The number of fused-ring (bicyclic) bond motifs is 1. The second-order valence-electron chi connectivity index (χ2n) is 7.62. The van der Waals surface area contributed by atoms with Gasteiger partial charge < -0.3 is 10.2 Å². The van der Waals surface area contributed by atoms with Crippen molar-refractivity contribution in [3.63, 3.8) is 0 Å². The Labute approximate surface area is 172 Å². The van der Waals surface area contributed by atoms with Gasteiger partial charge >= 0.3 is 0 Å². The highest BCUT2D eigenvalue weighted by Crippen LogP contribution is 2.32. The van der Waals surface area contributed by atoms with Crippen LogP contribution in [0.25, 0.3) is 0 Å². The molecule has 4 rings (SSSR count). The largest absolute Gasteiger partial charge is 0.346 e. The average molecular weight is 415 g/mol. The van der Waals surface area contributed by atoms with Gasteiger partial charge in [0.05, 0.1) is 23.1 Å². The predicted octanol–water partition coefficient (Wildman–Crippen LogP) is 4.55. The van der Waals surface area contributed by atoms with Crippen LogP contribution in [-0.2, 0) is 11.3 Å². The molecule has 2 heterocycles. The molecule has 1 atom stereocenters. The van der Waals surface area contributed by atoms with Crippen LogP contribution in [0.2, 0.25) is 0 Å². The van der Waals surface area contributed by atoms with Gasteiger partial charge in [0.2, 0.25) is 5.91 Å². The third kappa shape index (κ3) is 4.70. The van der Waals surface area contributed by atoms with Crippen LogP contribution >= 0.6 is 11.3 Å². The molecular formula is C21H23FN4O2S. The molecule has 1 aliphatic carbocycles. The van der Waals surface area contributed by atoms with Crippen LogP contribution in [0.4, 0.5) is 15.2 Å². The number of benzene rings is 1. The molecule has 1 unspecified atom stereocenters. The zero-order chi connectivity index (χ0) is 20.2. The third-order valence-electron chi connectivity index (χ3n) is 5.59. The van der Waals surface area contributed by atoms with Crippen molar-refractivity contribution >= 4 is 40.7 Å². The number of thiazole rings is 1. The van der Waals surface area contributed by atoms with Crippen LogP contribution in [0.3, 0.4) is 0 Å². The number of amides is 1. The Bertz CT molecular complexity index is 923. The maximum Gasteiger partial charge on any atom is 0.248 e. The molecule has 1 saturated carbocycles. The highest BCUT2D eigenvalue weighted by molar-refractivity contribution is 7.17. The summed E-state index contributed by atoms with van der Waals surface area (Å²) in [6.07, 6.45) is 10.4. The number of aromatic nitrogens is 1. The van der Waals surface area contributed by atoms with Gasteiger partial charge in [0.25, 0.3) is 0 Å². The van der Waals surface area contributed by atoms with Gasteiger partial charge in [0, 0.05) is 12.1 Å². The number of aliphatic imine (C=N–C) groups is 1. The molecule has 8 heteroatoms. The number of anilines is 1. The van der Waals surface area contributed by atoms with E-state index in [2.05, 4.69) is 15.3 Å². The number of hydrogen-bond acceptors (Lipinski definition) is 6. The number of carbonyl (C=O) groups is 2. The standard InChI is InChI=1S/C21H23FN4O2S/c22-16-6-7-18-15(9-16)11-26(13-24-18)19(8-14-4-2-1-3-5-14)20(28)25-21-23-10-17(12-27)29-21/h6-7,9-10,12-14,19H,1-5,8,11H2,(H,23,25,28). The average Bonchev–Trinajstić information content (AvgIpc) is 3.19. The lowest BCUT2D eigenvalue weighted by Crippen LogP contribution is -2.45. The summed E-state index contributed by atoms with van der Waals surface area (Å²) in [5, 5.41) is 3.26. The van der Waals surface area contributed by atoms with E-state index in [0.29, 0.717) is 28.9 Å². The zero-order valence-electron chi connectivity index (χ0n) is 16.0. The molecule has 1 aromatic heterocycles. The number of nitrogens with zero attached hydrogens (tertiary/aromatic N) is 3. The van der Waals surface area contributed by atoms with Crippen LogP contribution in [0.5, 0.6) is 0 Å². The fourth-order valence-corrected chi connectivity index (χ4v) is 4.72. The lowest BCUT2D eigenvalue weighted by atomic mass is 9.84. The normalized spacial score (nSPS) is 17.6. The molecular weight excluding hydrogens is 391 g/mol. The van der Waals surface area contributed by atoms with E-state index in [-0.39, 0.29) is 11.7 Å². The van der Waals surface area contributed by atoms with Gasteiger partial charge in [0.15, 0.2) is 11.4 Å². The Morgan fingerprint density at radius 2 is 2.17 bits per heavy atom. The van der Waals surface area contributed by atoms with Crippen molar-refractivity contribution in [1.29, 1.82) is 0 Å². The predicted molar refractivity (Wildman–Crippen MR) is 111 cm³/mol. The number of halogens is 1. The van der Waals surface area contributed by atoms with E-state index in [1.165, 1.54) is 37.6 Å². The maximum absolute atomic E-state index is 13.7.